The van der Waals surface area contributed by atoms with Gasteiger partial charge in [-0.05, 0) is 0 Å². The number of hydrogen-bond donors (Lipinski definition) is 1. The SMILES string of the molecule is COC(=O)/C=C/P(Cl)(c1ccccc1)(c1ccccc1)c1cccc(S(=O)(=O)O)c1. The molecule has 0 bridgehead atoms. The van der Waals surface area contributed by atoms with Crippen molar-refractivity contribution in [1.82, 2.24) is 0 Å². The van der Waals surface area contributed by atoms with Crippen LogP contribution in [0.1, 0.15) is 0 Å². The number of ether oxygens (including phenoxy) is 1. The van der Waals surface area contributed by atoms with Gasteiger partial charge in [-0.2, -0.15) is 0 Å². The zero-order valence-electron chi connectivity index (χ0n) is 16.1. The molecular weight excluding hydrogens is 443 g/mol. The van der Waals surface area contributed by atoms with Crippen molar-refractivity contribution >= 4 is 49.2 Å². The molecule has 0 fully saturated rings. The van der Waals surface area contributed by atoms with Crippen LogP contribution in [0.25, 0.3) is 0 Å². The molecule has 0 spiro atoms. The first-order valence-corrected chi connectivity index (χ1v) is 13.5. The van der Waals surface area contributed by atoms with Crippen LogP contribution in [0.4, 0.5) is 0 Å². The third-order valence-corrected chi connectivity index (χ3v) is 12.4. The average Bonchev–Trinajstić information content (AvgIpc) is 2.78. The van der Waals surface area contributed by atoms with E-state index in [2.05, 4.69) is 0 Å². The van der Waals surface area contributed by atoms with Gasteiger partial charge in [-0.1, -0.05) is 0 Å². The molecule has 30 heavy (non-hydrogen) atoms. The van der Waals surface area contributed by atoms with E-state index < -0.39 is 22.0 Å². The first kappa shape index (κ1) is 22.2. The molecule has 3 rings (SSSR count). The Balaban J connectivity index is 2.50. The topological polar surface area (TPSA) is 80.7 Å². The van der Waals surface area contributed by atoms with Crippen molar-refractivity contribution in [2.45, 2.75) is 4.90 Å². The summed E-state index contributed by atoms with van der Waals surface area (Å²) < 4.78 is 38.1. The van der Waals surface area contributed by atoms with Crippen molar-refractivity contribution in [3.63, 3.8) is 0 Å². The van der Waals surface area contributed by atoms with Gasteiger partial charge in [0.05, 0.1) is 0 Å². The van der Waals surface area contributed by atoms with Crippen molar-refractivity contribution in [1.29, 1.82) is 0 Å². The van der Waals surface area contributed by atoms with Crippen LogP contribution in [0.5, 0.6) is 0 Å². The van der Waals surface area contributed by atoms with Crippen LogP contribution in [-0.4, -0.2) is 26.0 Å². The fourth-order valence-electron chi connectivity index (χ4n) is 3.33. The van der Waals surface area contributed by atoms with E-state index >= 15 is 0 Å². The van der Waals surface area contributed by atoms with Gasteiger partial charge in [-0.25, -0.2) is 0 Å². The van der Waals surface area contributed by atoms with Crippen molar-refractivity contribution in [2.75, 3.05) is 7.11 Å². The summed E-state index contributed by atoms with van der Waals surface area (Å²) in [4.78, 5) is 11.8. The van der Waals surface area contributed by atoms with Crippen LogP contribution in [-0.2, 0) is 19.6 Å². The molecule has 1 N–H and O–H groups in total. The molecule has 156 valence electrons. The summed E-state index contributed by atoms with van der Waals surface area (Å²) in [6.45, 7) is 0. The maximum atomic E-state index is 12.0. The number of methoxy groups -OCH3 is 1. The van der Waals surface area contributed by atoms with Crippen molar-refractivity contribution in [3.05, 3.63) is 96.8 Å². The van der Waals surface area contributed by atoms with Crippen LogP contribution >= 0.6 is 17.2 Å². The molecule has 0 aliphatic carbocycles. The third kappa shape index (κ3) is 3.92. The van der Waals surface area contributed by atoms with Gasteiger partial charge >= 0.3 is 181 Å². The van der Waals surface area contributed by atoms with Gasteiger partial charge in [0.25, 0.3) is 0 Å². The van der Waals surface area contributed by atoms with Gasteiger partial charge in [0.2, 0.25) is 0 Å². The van der Waals surface area contributed by atoms with Crippen molar-refractivity contribution < 1.29 is 22.5 Å². The van der Waals surface area contributed by atoms with Crippen molar-refractivity contribution in [2.24, 2.45) is 0 Å². The summed E-state index contributed by atoms with van der Waals surface area (Å²) in [5, 5.41) is 1.85. The van der Waals surface area contributed by atoms with E-state index in [1.807, 2.05) is 60.7 Å². The Bertz CT molecular complexity index is 1150. The summed E-state index contributed by atoms with van der Waals surface area (Å²) in [6.07, 6.45) is 1.25. The van der Waals surface area contributed by atoms with E-state index in [1.165, 1.54) is 31.4 Å². The number of carbonyl (C=O) groups is 1. The van der Waals surface area contributed by atoms with E-state index in [-0.39, 0.29) is 4.90 Å². The third-order valence-electron chi connectivity index (χ3n) is 4.83. The molecule has 0 aromatic heterocycles. The Morgan fingerprint density at radius 1 is 0.900 bits per heavy atom. The monoisotopic (exact) mass is 462 g/mol. The Morgan fingerprint density at radius 2 is 1.40 bits per heavy atom. The van der Waals surface area contributed by atoms with Gasteiger partial charge in [0, 0.05) is 0 Å². The quantitative estimate of drug-likeness (QED) is 0.262. The second-order valence-corrected chi connectivity index (χ2v) is 14.1. The molecule has 3 aromatic carbocycles. The fraction of sp³-hybridized carbons (Fsp3) is 0.0455. The Kier molecular flexibility index (Phi) is 6.16. The van der Waals surface area contributed by atoms with Crippen molar-refractivity contribution in [3.8, 4) is 0 Å². The van der Waals surface area contributed by atoms with Crippen LogP contribution in [0.2, 0.25) is 0 Å². The molecular formula is C22H20ClO5PS. The molecule has 0 aliphatic rings. The van der Waals surface area contributed by atoms with E-state index in [9.17, 15) is 17.8 Å². The molecule has 0 atom stereocenters. The molecule has 8 heteroatoms. The minimum atomic E-state index is -4.47. The average molecular weight is 463 g/mol. The standard InChI is InChI=1S/C22H20ClO5PS/c1-28-22(24)15-16-29(23,18-9-4-2-5-10-18,19-11-6-3-7-12-19)20-13-8-14-21(17-20)30(25,26)27/h2-17H,1H3,(H,25,26,27)/b16-15+. The van der Waals surface area contributed by atoms with E-state index in [0.29, 0.717) is 15.9 Å². The van der Waals surface area contributed by atoms with Crippen LogP contribution < -0.4 is 15.9 Å². The minimum absolute atomic E-state index is 0.284. The number of hydrogen-bond acceptors (Lipinski definition) is 4. The van der Waals surface area contributed by atoms with Crippen LogP contribution in [0.3, 0.4) is 0 Å². The number of carbonyl (C=O) groups excluding carboxylic acids is 1. The summed E-state index contributed by atoms with van der Waals surface area (Å²) in [5.74, 6) is -3.01. The van der Waals surface area contributed by atoms with Gasteiger partial charge in [0.15, 0.2) is 0 Å². The van der Waals surface area contributed by atoms with Gasteiger partial charge in [-0.15, -0.1) is 0 Å². The molecule has 5 nitrogen and oxygen atoms in total. The molecule has 0 saturated carbocycles. The molecule has 0 saturated heterocycles. The molecule has 0 unspecified atom stereocenters. The zero-order chi connectivity index (χ0) is 21.9. The Hall–Kier alpha value is -2.50. The number of halogens is 1. The number of rotatable bonds is 6. The second kappa shape index (κ2) is 8.32. The summed E-state index contributed by atoms with van der Waals surface area (Å²) in [7, 11) is -3.20. The van der Waals surface area contributed by atoms with E-state index in [4.69, 9.17) is 16.0 Å². The molecule has 0 amide bonds. The second-order valence-electron chi connectivity index (χ2n) is 6.56. The first-order chi connectivity index (χ1) is 14.2. The molecule has 3 aromatic rings. The first-order valence-electron chi connectivity index (χ1n) is 8.90. The maximum absolute atomic E-state index is 12.0. The summed E-state index contributed by atoms with van der Waals surface area (Å²) >= 11 is 7.66. The van der Waals surface area contributed by atoms with Gasteiger partial charge in [0.1, 0.15) is 0 Å². The normalized spacial score (nSPS) is 13.5. The van der Waals surface area contributed by atoms with Crippen LogP contribution in [0, 0.1) is 0 Å². The van der Waals surface area contributed by atoms with Gasteiger partial charge < -0.3 is 0 Å². The Morgan fingerprint density at radius 3 is 1.87 bits per heavy atom. The molecule has 0 heterocycles. The van der Waals surface area contributed by atoms with E-state index in [0.717, 1.165) is 0 Å². The van der Waals surface area contributed by atoms with Gasteiger partial charge in [-0.3, -0.25) is 0 Å². The van der Waals surface area contributed by atoms with Crippen LogP contribution in [0.15, 0.2) is 102 Å². The van der Waals surface area contributed by atoms with E-state index in [1.54, 1.807) is 11.9 Å². The summed E-state index contributed by atoms with van der Waals surface area (Å²) in [6, 6.07) is 24.1. The predicted octanol–water partition coefficient (Wildman–Crippen LogP) is 3.60. The predicted molar refractivity (Wildman–Crippen MR) is 122 cm³/mol. The molecule has 0 radical (unpaired) electrons. The Labute approximate surface area is 180 Å². The zero-order valence-corrected chi connectivity index (χ0v) is 18.5. The fourth-order valence-corrected chi connectivity index (χ4v) is 9.20. The molecule has 0 aliphatic heterocycles. The number of esters is 1. The summed E-state index contributed by atoms with van der Waals surface area (Å²) in [5.41, 5.74) is 0. The number of benzene rings is 3.